The number of allylic oxidation sites excluding steroid dienone is 1. The van der Waals surface area contributed by atoms with E-state index < -0.39 is 34.2 Å². The molecule has 0 spiro atoms. The SMILES string of the molecule is COCC(=O)O[C@]1(C(=O)S)CC[C@H]2[C@@H]3C[C@H](C)C4=Cc5c(cnn5-c5ccc(F)nc5)C[C@]4(C)[C@H]3[C@@H](O)C[C@@]21C. The van der Waals surface area contributed by atoms with Gasteiger partial charge < -0.3 is 14.6 Å². The molecule has 0 amide bonds. The zero-order valence-corrected chi connectivity index (χ0v) is 24.2. The van der Waals surface area contributed by atoms with Crippen molar-refractivity contribution in [3.63, 3.8) is 0 Å². The quantitative estimate of drug-likeness (QED) is 0.316. The highest BCUT2D eigenvalue weighted by Crippen LogP contribution is 2.69. The van der Waals surface area contributed by atoms with Crippen LogP contribution >= 0.6 is 12.6 Å². The lowest BCUT2D eigenvalue weighted by Gasteiger charge is -2.61. The van der Waals surface area contributed by atoms with Gasteiger partial charge in [-0.15, -0.1) is 12.6 Å². The fourth-order valence-electron chi connectivity index (χ4n) is 9.22. The van der Waals surface area contributed by atoms with Gasteiger partial charge in [0.15, 0.2) is 5.60 Å². The maximum absolute atomic E-state index is 13.5. The van der Waals surface area contributed by atoms with Gasteiger partial charge in [0.05, 0.1) is 29.9 Å². The minimum absolute atomic E-state index is 0.0301. The molecule has 4 aliphatic carbocycles. The van der Waals surface area contributed by atoms with Crippen molar-refractivity contribution in [2.75, 3.05) is 13.7 Å². The number of rotatable bonds is 5. The Balaban J connectivity index is 1.37. The van der Waals surface area contributed by atoms with Gasteiger partial charge in [0, 0.05) is 12.5 Å². The number of halogens is 1. The summed E-state index contributed by atoms with van der Waals surface area (Å²) < 4.78 is 26.1. The van der Waals surface area contributed by atoms with Crippen molar-refractivity contribution < 1.29 is 28.6 Å². The van der Waals surface area contributed by atoms with Crippen LogP contribution in [0.15, 0.2) is 30.1 Å². The molecule has 0 aromatic carbocycles. The van der Waals surface area contributed by atoms with Crippen LogP contribution in [0.5, 0.6) is 0 Å². The fourth-order valence-corrected chi connectivity index (χ4v) is 9.63. The van der Waals surface area contributed by atoms with Crippen molar-refractivity contribution >= 4 is 29.8 Å². The summed E-state index contributed by atoms with van der Waals surface area (Å²) in [5.41, 5.74) is 1.56. The molecule has 4 aliphatic rings. The largest absolute Gasteiger partial charge is 0.448 e. The Morgan fingerprint density at radius 1 is 1.27 bits per heavy atom. The summed E-state index contributed by atoms with van der Waals surface area (Å²) in [5.74, 6) is -0.711. The predicted octanol–water partition coefficient (Wildman–Crippen LogP) is 4.19. The lowest BCUT2D eigenvalue weighted by atomic mass is 9.44. The minimum Gasteiger partial charge on any atom is -0.448 e. The van der Waals surface area contributed by atoms with Crippen molar-refractivity contribution in [3.05, 3.63) is 47.3 Å². The molecule has 2 aromatic heterocycles. The molecule has 214 valence electrons. The van der Waals surface area contributed by atoms with Gasteiger partial charge in [-0.05, 0) is 85.0 Å². The summed E-state index contributed by atoms with van der Waals surface area (Å²) in [5, 5.41) is 16.1. The molecule has 8 atom stereocenters. The fraction of sp³-hybridized carbons (Fsp3) is 0.600. The number of hydrogen-bond acceptors (Lipinski definition) is 7. The minimum atomic E-state index is -1.40. The van der Waals surface area contributed by atoms with Crippen LogP contribution in [0.2, 0.25) is 0 Å². The van der Waals surface area contributed by atoms with E-state index in [2.05, 4.69) is 42.6 Å². The van der Waals surface area contributed by atoms with E-state index in [4.69, 9.17) is 9.47 Å². The number of carbonyl (C=O) groups is 2. The van der Waals surface area contributed by atoms with Gasteiger partial charge in [-0.3, -0.25) is 4.79 Å². The summed E-state index contributed by atoms with van der Waals surface area (Å²) in [7, 11) is 1.41. The van der Waals surface area contributed by atoms with Crippen LogP contribution in [0.3, 0.4) is 0 Å². The highest BCUT2D eigenvalue weighted by molar-refractivity contribution is 7.96. The zero-order valence-electron chi connectivity index (χ0n) is 23.3. The van der Waals surface area contributed by atoms with E-state index in [9.17, 15) is 19.1 Å². The monoisotopic (exact) mass is 569 g/mol. The molecule has 40 heavy (non-hydrogen) atoms. The molecule has 1 N–H and O–H groups in total. The van der Waals surface area contributed by atoms with Crippen LogP contribution < -0.4 is 0 Å². The Hall–Kier alpha value is -2.56. The standard InChI is InChI=1S/C30H36FN3O5S/c1-16-9-19-20-7-8-30(27(37)40,39-25(36)15-38-4)29(20,3)12-23(35)26(19)28(2)11-17-13-33-34(22(17)10-21(16)28)18-5-6-24(31)32-14-18/h5-6,10,13-14,16,19-20,23,26,35H,7-9,11-12,15H2,1-4H3,(H,37,40)/t16-,19-,20-,23-,26+,28-,29-,30-/m0/s1. The number of hydrogen-bond donors (Lipinski definition) is 2. The Morgan fingerprint density at radius 2 is 2.05 bits per heavy atom. The molecule has 3 saturated carbocycles. The van der Waals surface area contributed by atoms with Gasteiger partial charge in [-0.2, -0.15) is 9.49 Å². The second-order valence-corrected chi connectivity index (χ2v) is 13.1. The van der Waals surface area contributed by atoms with E-state index in [-0.39, 0.29) is 35.7 Å². The van der Waals surface area contributed by atoms with Crippen molar-refractivity contribution in [1.82, 2.24) is 14.8 Å². The molecular weight excluding hydrogens is 533 g/mol. The number of pyridine rings is 1. The van der Waals surface area contributed by atoms with Gasteiger partial charge >= 0.3 is 5.97 Å². The average molecular weight is 570 g/mol. The first kappa shape index (κ1) is 27.6. The van der Waals surface area contributed by atoms with E-state index >= 15 is 0 Å². The van der Waals surface area contributed by atoms with Gasteiger partial charge in [0.25, 0.3) is 0 Å². The number of methoxy groups -OCH3 is 1. The number of esters is 1. The van der Waals surface area contributed by atoms with Crippen molar-refractivity contribution in [2.24, 2.45) is 34.5 Å². The summed E-state index contributed by atoms with van der Waals surface area (Å²) in [6.07, 6.45) is 7.88. The number of aliphatic hydroxyl groups is 1. The predicted molar refractivity (Wildman–Crippen MR) is 148 cm³/mol. The number of fused-ring (bicyclic) bond motifs is 6. The summed E-state index contributed by atoms with van der Waals surface area (Å²) in [6.45, 7) is 6.23. The Bertz CT molecular complexity index is 1390. The smallest absolute Gasteiger partial charge is 0.333 e. The number of ether oxygens (including phenoxy) is 2. The van der Waals surface area contributed by atoms with Crippen LogP contribution in [-0.2, 0) is 25.5 Å². The van der Waals surface area contributed by atoms with Gasteiger partial charge in [-0.1, -0.05) is 26.3 Å². The molecular formula is C30H36FN3O5S. The highest BCUT2D eigenvalue weighted by Gasteiger charge is 2.70. The molecule has 0 unspecified atom stereocenters. The molecule has 0 aliphatic heterocycles. The maximum Gasteiger partial charge on any atom is 0.333 e. The molecule has 8 nitrogen and oxygen atoms in total. The van der Waals surface area contributed by atoms with E-state index in [0.29, 0.717) is 24.9 Å². The normalized spacial score (nSPS) is 38.0. The van der Waals surface area contributed by atoms with Crippen molar-refractivity contribution in [2.45, 2.75) is 64.6 Å². The molecule has 0 saturated heterocycles. The van der Waals surface area contributed by atoms with Crippen molar-refractivity contribution in [3.8, 4) is 5.69 Å². The third-order valence-electron chi connectivity index (χ3n) is 10.7. The summed E-state index contributed by atoms with van der Waals surface area (Å²) >= 11 is 4.24. The van der Waals surface area contributed by atoms with Gasteiger partial charge in [0.2, 0.25) is 11.1 Å². The number of carbonyl (C=O) groups excluding carboxylic acids is 2. The van der Waals surface area contributed by atoms with E-state index in [1.807, 2.05) is 13.1 Å². The van der Waals surface area contributed by atoms with E-state index in [1.165, 1.54) is 24.9 Å². The molecule has 2 heterocycles. The first-order chi connectivity index (χ1) is 18.9. The first-order valence-corrected chi connectivity index (χ1v) is 14.4. The average Bonchev–Trinajstić information content (AvgIpc) is 3.41. The number of aliphatic hydroxyl groups excluding tert-OH is 1. The van der Waals surface area contributed by atoms with E-state index in [0.717, 1.165) is 24.1 Å². The van der Waals surface area contributed by atoms with Crippen LogP contribution in [0, 0.1) is 40.4 Å². The molecule has 0 bridgehead atoms. The van der Waals surface area contributed by atoms with Crippen molar-refractivity contribution in [1.29, 1.82) is 0 Å². The molecule has 3 fully saturated rings. The van der Waals surface area contributed by atoms with Crippen LogP contribution in [0.4, 0.5) is 4.39 Å². The van der Waals surface area contributed by atoms with E-state index in [1.54, 1.807) is 10.7 Å². The third-order valence-corrected chi connectivity index (χ3v) is 11.1. The Kier molecular flexibility index (Phi) is 6.55. The zero-order chi connectivity index (χ0) is 28.6. The second-order valence-electron chi connectivity index (χ2n) is 12.7. The number of thiol groups is 1. The lowest BCUT2D eigenvalue weighted by Crippen LogP contribution is -2.63. The molecule has 2 aromatic rings. The lowest BCUT2D eigenvalue weighted by molar-refractivity contribution is -0.199. The van der Waals surface area contributed by atoms with Crippen LogP contribution in [0.1, 0.15) is 57.7 Å². The molecule has 0 radical (unpaired) electrons. The van der Waals surface area contributed by atoms with Crippen LogP contribution in [0.25, 0.3) is 11.8 Å². The number of aromatic nitrogens is 3. The summed E-state index contributed by atoms with van der Waals surface area (Å²) in [6, 6.07) is 3.00. The maximum atomic E-state index is 13.5. The second kappa shape index (κ2) is 9.49. The van der Waals surface area contributed by atoms with Gasteiger partial charge in [0.1, 0.15) is 6.61 Å². The third kappa shape index (κ3) is 3.78. The Morgan fingerprint density at radius 3 is 2.73 bits per heavy atom. The molecule has 6 rings (SSSR count). The number of nitrogens with zero attached hydrogens (tertiary/aromatic N) is 3. The summed E-state index contributed by atoms with van der Waals surface area (Å²) in [4.78, 5) is 29.5. The molecule has 10 heteroatoms. The van der Waals surface area contributed by atoms with Gasteiger partial charge in [-0.25, -0.2) is 14.5 Å². The highest BCUT2D eigenvalue weighted by atomic mass is 32.1. The topological polar surface area (TPSA) is 104 Å². The first-order valence-electron chi connectivity index (χ1n) is 14.0. The Labute approximate surface area is 238 Å². The van der Waals surface area contributed by atoms with Crippen LogP contribution in [-0.4, -0.2) is 56.4 Å².